The highest BCUT2D eigenvalue weighted by atomic mass is 16.3. The van der Waals surface area contributed by atoms with Crippen molar-refractivity contribution in [2.75, 3.05) is 5.32 Å². The number of anilines is 1. The van der Waals surface area contributed by atoms with Gasteiger partial charge in [0.1, 0.15) is 6.04 Å². The van der Waals surface area contributed by atoms with E-state index in [1.807, 2.05) is 36.4 Å². The van der Waals surface area contributed by atoms with Crippen molar-refractivity contribution in [3.8, 4) is 5.88 Å². The van der Waals surface area contributed by atoms with E-state index in [1.165, 1.54) is 0 Å². The van der Waals surface area contributed by atoms with Crippen molar-refractivity contribution in [2.24, 2.45) is 5.73 Å². The Kier molecular flexibility index (Phi) is 3.33. The second-order valence-corrected chi connectivity index (χ2v) is 4.82. The molecule has 5 N–H and O–H groups in total. The lowest BCUT2D eigenvalue weighted by Gasteiger charge is -2.12. The zero-order valence-electron chi connectivity index (χ0n) is 11.2. The third kappa shape index (κ3) is 2.59. The number of nitrogens with two attached hydrogens (primary N) is 1. The fourth-order valence-corrected chi connectivity index (χ4v) is 2.22. The molecule has 0 aliphatic heterocycles. The highest BCUT2D eigenvalue weighted by molar-refractivity contribution is 5.98. The van der Waals surface area contributed by atoms with Crippen LogP contribution in [0.4, 0.5) is 5.69 Å². The highest BCUT2D eigenvalue weighted by Crippen LogP contribution is 2.26. The molecule has 0 bridgehead atoms. The Morgan fingerprint density at radius 1 is 1.19 bits per heavy atom. The zero-order chi connectivity index (χ0) is 14.8. The first-order valence-electron chi connectivity index (χ1n) is 6.56. The van der Waals surface area contributed by atoms with E-state index in [4.69, 9.17) is 5.73 Å². The highest BCUT2D eigenvalue weighted by Gasteiger charge is 2.15. The van der Waals surface area contributed by atoms with Crippen LogP contribution in [0.15, 0.2) is 54.7 Å². The molecule has 0 radical (unpaired) electrons. The number of carbonyl (C=O) groups is 1. The minimum atomic E-state index is -0.735. The molecule has 3 aromatic rings. The fraction of sp³-hybridized carbons (Fsp3) is 0.0625. The van der Waals surface area contributed by atoms with Gasteiger partial charge in [0.25, 0.3) is 0 Å². The number of aromatic amines is 1. The van der Waals surface area contributed by atoms with Gasteiger partial charge >= 0.3 is 0 Å². The van der Waals surface area contributed by atoms with E-state index < -0.39 is 6.04 Å². The Bertz CT molecular complexity index is 781. The number of hydrogen-bond donors (Lipinski definition) is 4. The smallest absolute Gasteiger partial charge is 0.245 e. The van der Waals surface area contributed by atoms with Gasteiger partial charge in [0, 0.05) is 22.7 Å². The second-order valence-electron chi connectivity index (χ2n) is 4.82. The third-order valence-corrected chi connectivity index (χ3v) is 3.38. The van der Waals surface area contributed by atoms with E-state index in [9.17, 15) is 9.90 Å². The Morgan fingerprint density at radius 2 is 1.95 bits per heavy atom. The zero-order valence-corrected chi connectivity index (χ0v) is 11.2. The number of hydrogen-bond acceptors (Lipinski definition) is 3. The first kappa shape index (κ1) is 13.2. The number of nitrogens with one attached hydrogen (secondary N) is 2. The summed E-state index contributed by atoms with van der Waals surface area (Å²) in [6, 6.07) is 13.7. The number of fused-ring (bicyclic) bond motifs is 1. The molecule has 0 saturated heterocycles. The lowest BCUT2D eigenvalue weighted by molar-refractivity contribution is -0.117. The van der Waals surface area contributed by atoms with E-state index >= 15 is 0 Å². The summed E-state index contributed by atoms with van der Waals surface area (Å²) >= 11 is 0. The summed E-state index contributed by atoms with van der Waals surface area (Å²) in [6.45, 7) is 0. The van der Waals surface area contributed by atoms with Crippen molar-refractivity contribution in [3.63, 3.8) is 0 Å². The van der Waals surface area contributed by atoms with Crippen molar-refractivity contribution in [1.82, 2.24) is 4.98 Å². The normalized spacial score (nSPS) is 12.2. The maximum atomic E-state index is 12.2. The number of amides is 1. The first-order valence-corrected chi connectivity index (χ1v) is 6.56. The van der Waals surface area contributed by atoms with Crippen molar-refractivity contribution < 1.29 is 9.90 Å². The number of benzene rings is 2. The van der Waals surface area contributed by atoms with Crippen LogP contribution in [0, 0.1) is 0 Å². The molecule has 0 saturated carbocycles. The van der Waals surface area contributed by atoms with Crippen molar-refractivity contribution in [2.45, 2.75) is 6.04 Å². The van der Waals surface area contributed by atoms with Gasteiger partial charge in [-0.05, 0) is 17.7 Å². The summed E-state index contributed by atoms with van der Waals surface area (Å²) in [6.07, 6.45) is 1.70. The van der Waals surface area contributed by atoms with Gasteiger partial charge < -0.3 is 21.1 Å². The molecule has 5 nitrogen and oxygen atoms in total. The van der Waals surface area contributed by atoms with Crippen LogP contribution in [-0.4, -0.2) is 16.0 Å². The molecule has 0 fully saturated rings. The van der Waals surface area contributed by atoms with E-state index in [0.717, 1.165) is 10.9 Å². The van der Waals surface area contributed by atoms with E-state index in [-0.39, 0.29) is 11.8 Å². The summed E-state index contributed by atoms with van der Waals surface area (Å²) < 4.78 is 0. The SMILES string of the molecule is NC(C(=O)Nc1ccc2c[nH]c(O)c2c1)c1ccccc1. The summed E-state index contributed by atoms with van der Waals surface area (Å²) in [5.41, 5.74) is 7.28. The molecule has 1 atom stereocenters. The van der Waals surface area contributed by atoms with Crippen LogP contribution in [0.5, 0.6) is 5.88 Å². The van der Waals surface area contributed by atoms with Gasteiger partial charge in [-0.25, -0.2) is 0 Å². The van der Waals surface area contributed by atoms with Gasteiger partial charge in [0.05, 0.1) is 0 Å². The molecular formula is C16H15N3O2. The number of carbonyl (C=O) groups excluding carboxylic acids is 1. The molecule has 21 heavy (non-hydrogen) atoms. The molecular weight excluding hydrogens is 266 g/mol. The number of rotatable bonds is 3. The van der Waals surface area contributed by atoms with Crippen LogP contribution >= 0.6 is 0 Å². The summed E-state index contributed by atoms with van der Waals surface area (Å²) in [7, 11) is 0. The van der Waals surface area contributed by atoms with Crippen molar-refractivity contribution in [1.29, 1.82) is 0 Å². The lowest BCUT2D eigenvalue weighted by atomic mass is 10.1. The van der Waals surface area contributed by atoms with Gasteiger partial charge in [-0.1, -0.05) is 36.4 Å². The fourth-order valence-electron chi connectivity index (χ4n) is 2.22. The molecule has 0 spiro atoms. The molecule has 1 unspecified atom stereocenters. The average molecular weight is 281 g/mol. The predicted molar refractivity (Wildman–Crippen MR) is 82.0 cm³/mol. The summed E-state index contributed by atoms with van der Waals surface area (Å²) in [4.78, 5) is 14.9. The maximum Gasteiger partial charge on any atom is 0.245 e. The van der Waals surface area contributed by atoms with Crippen LogP contribution in [-0.2, 0) is 4.79 Å². The monoisotopic (exact) mass is 281 g/mol. The number of aromatic nitrogens is 1. The molecule has 1 amide bonds. The molecule has 3 rings (SSSR count). The number of H-pyrrole nitrogens is 1. The summed E-state index contributed by atoms with van der Waals surface area (Å²) in [5.74, 6) is -0.218. The van der Waals surface area contributed by atoms with Crippen LogP contribution in [0.3, 0.4) is 0 Å². The molecule has 0 aliphatic rings. The van der Waals surface area contributed by atoms with E-state index in [0.29, 0.717) is 11.1 Å². The first-order chi connectivity index (χ1) is 10.1. The second kappa shape index (κ2) is 5.30. The average Bonchev–Trinajstić information content (AvgIpc) is 2.88. The van der Waals surface area contributed by atoms with E-state index in [2.05, 4.69) is 10.3 Å². The van der Waals surface area contributed by atoms with Gasteiger partial charge in [0.2, 0.25) is 5.91 Å². The minimum absolute atomic E-state index is 0.0773. The van der Waals surface area contributed by atoms with Crippen molar-refractivity contribution >= 4 is 22.4 Å². The number of aromatic hydroxyl groups is 1. The summed E-state index contributed by atoms with van der Waals surface area (Å²) in [5, 5.41) is 14.0. The van der Waals surface area contributed by atoms with Crippen LogP contribution in [0.2, 0.25) is 0 Å². The Labute approximate surface area is 121 Å². The molecule has 2 aromatic carbocycles. The van der Waals surface area contributed by atoms with Gasteiger partial charge in [0.15, 0.2) is 5.88 Å². The molecule has 1 aromatic heterocycles. The minimum Gasteiger partial charge on any atom is -0.494 e. The molecule has 106 valence electrons. The largest absolute Gasteiger partial charge is 0.494 e. The van der Waals surface area contributed by atoms with Crippen LogP contribution < -0.4 is 11.1 Å². The Balaban J connectivity index is 1.81. The van der Waals surface area contributed by atoms with Gasteiger partial charge in [-0.2, -0.15) is 0 Å². The third-order valence-electron chi connectivity index (χ3n) is 3.38. The quantitative estimate of drug-likeness (QED) is 0.594. The maximum absolute atomic E-state index is 12.2. The van der Waals surface area contributed by atoms with Gasteiger partial charge in [-0.3, -0.25) is 4.79 Å². The van der Waals surface area contributed by atoms with E-state index in [1.54, 1.807) is 18.3 Å². The van der Waals surface area contributed by atoms with Gasteiger partial charge in [-0.15, -0.1) is 0 Å². The standard InChI is InChI=1S/C16H15N3O2/c17-14(10-4-2-1-3-5-10)16(21)19-12-7-6-11-9-18-15(20)13(11)8-12/h1-9,14,18,20H,17H2,(H,19,21). The Morgan fingerprint density at radius 3 is 2.71 bits per heavy atom. The molecule has 1 heterocycles. The topological polar surface area (TPSA) is 91.1 Å². The molecule has 5 heteroatoms. The Hall–Kier alpha value is -2.79. The van der Waals surface area contributed by atoms with Crippen LogP contribution in [0.25, 0.3) is 10.8 Å². The lowest BCUT2D eigenvalue weighted by Crippen LogP contribution is -2.27. The molecule has 0 aliphatic carbocycles. The predicted octanol–water partition coefficient (Wildman–Crippen LogP) is 2.51. The van der Waals surface area contributed by atoms with Crippen LogP contribution in [0.1, 0.15) is 11.6 Å². The van der Waals surface area contributed by atoms with Crippen molar-refractivity contribution in [3.05, 3.63) is 60.3 Å².